The topological polar surface area (TPSA) is 74.8 Å². The molecule has 5 aromatic rings. The summed E-state index contributed by atoms with van der Waals surface area (Å²) in [5, 5.41) is 0. The van der Waals surface area contributed by atoms with E-state index in [4.69, 9.17) is 14.5 Å². The van der Waals surface area contributed by atoms with Gasteiger partial charge in [0.1, 0.15) is 5.75 Å². The molecule has 0 bridgehead atoms. The third-order valence-electron chi connectivity index (χ3n) is 8.01. The van der Waals surface area contributed by atoms with Crippen molar-refractivity contribution >= 4 is 23.4 Å². The van der Waals surface area contributed by atoms with Gasteiger partial charge in [-0.05, 0) is 93.3 Å². The molecule has 1 aliphatic heterocycles. The van der Waals surface area contributed by atoms with Crippen molar-refractivity contribution in [1.29, 1.82) is 0 Å². The zero-order valence-corrected chi connectivity index (χ0v) is 26.9. The molecule has 0 N–H and O–H groups in total. The smallest absolute Gasteiger partial charge is 0.338 e. The number of hydrogen-bond donors (Lipinski definition) is 0. The number of carbonyl (C=O) groups excluding carboxylic acids is 1. The van der Waals surface area contributed by atoms with Crippen molar-refractivity contribution in [2.75, 3.05) is 13.2 Å². The molecule has 1 aliphatic rings. The second-order valence-corrected chi connectivity index (χ2v) is 11.9. The van der Waals surface area contributed by atoms with Crippen molar-refractivity contribution < 1.29 is 14.3 Å². The Hall–Kier alpha value is -4.95. The summed E-state index contributed by atoms with van der Waals surface area (Å²) in [4.78, 5) is 32.6. The zero-order valence-electron chi connectivity index (χ0n) is 26.0. The molecule has 0 fully saturated rings. The molecule has 0 saturated heterocycles. The van der Waals surface area contributed by atoms with Gasteiger partial charge < -0.3 is 14.0 Å². The lowest BCUT2D eigenvalue weighted by atomic mass is 9.96. The van der Waals surface area contributed by atoms with Crippen LogP contribution in [-0.2, 0) is 9.53 Å². The van der Waals surface area contributed by atoms with Crippen LogP contribution in [0.4, 0.5) is 0 Å². The Morgan fingerprint density at radius 3 is 2.27 bits per heavy atom. The Labute approximate surface area is 266 Å². The molecule has 3 aromatic carbocycles. The molecular weight excluding hydrogens is 582 g/mol. The first-order chi connectivity index (χ1) is 21.8. The average Bonchev–Trinajstić information content (AvgIpc) is 3.50. The predicted octanol–water partition coefficient (Wildman–Crippen LogP) is 6.27. The summed E-state index contributed by atoms with van der Waals surface area (Å²) < 4.78 is 15.4. The van der Waals surface area contributed by atoms with Crippen molar-refractivity contribution in [2.24, 2.45) is 4.99 Å². The lowest BCUT2D eigenvalue weighted by Gasteiger charge is -2.24. The minimum Gasteiger partial charge on any atom is -0.494 e. The lowest BCUT2D eigenvalue weighted by Crippen LogP contribution is -2.39. The number of ether oxygens (including phenoxy) is 2. The Morgan fingerprint density at radius 1 is 0.911 bits per heavy atom. The molecule has 45 heavy (non-hydrogen) atoms. The van der Waals surface area contributed by atoms with Crippen LogP contribution in [0.2, 0.25) is 0 Å². The van der Waals surface area contributed by atoms with Crippen LogP contribution in [0.3, 0.4) is 0 Å². The number of rotatable bonds is 8. The highest BCUT2D eigenvalue weighted by Gasteiger charge is 2.33. The summed E-state index contributed by atoms with van der Waals surface area (Å²) in [6, 6.07) is 27.7. The molecule has 0 saturated carbocycles. The van der Waals surface area contributed by atoms with Crippen LogP contribution < -0.4 is 19.6 Å². The average molecular weight is 618 g/mol. The maximum atomic E-state index is 14.1. The second-order valence-electron chi connectivity index (χ2n) is 10.9. The fraction of sp³-hybridized carbons (Fsp3) is 0.216. The fourth-order valence-electron chi connectivity index (χ4n) is 5.93. The van der Waals surface area contributed by atoms with E-state index in [1.54, 1.807) is 18.4 Å². The maximum Gasteiger partial charge on any atom is 0.338 e. The van der Waals surface area contributed by atoms with E-state index in [0.717, 1.165) is 39.5 Å². The third-order valence-corrected chi connectivity index (χ3v) is 9.00. The van der Waals surface area contributed by atoms with Gasteiger partial charge in [-0.1, -0.05) is 65.9 Å². The number of nitrogens with zero attached hydrogens (tertiary/aromatic N) is 3. The number of allylic oxidation sites excluding steroid dienone is 1. The Morgan fingerprint density at radius 2 is 1.60 bits per heavy atom. The summed E-state index contributed by atoms with van der Waals surface area (Å²) in [6.07, 6.45) is 1.93. The number of hydrogen-bond acceptors (Lipinski definition) is 6. The van der Waals surface area contributed by atoms with Crippen LogP contribution in [0.1, 0.15) is 49.3 Å². The number of thiazole rings is 1. The number of fused-ring (bicyclic) bond motifs is 1. The van der Waals surface area contributed by atoms with Crippen molar-refractivity contribution in [2.45, 2.75) is 40.7 Å². The van der Waals surface area contributed by atoms with E-state index < -0.39 is 12.0 Å². The normalized spacial score (nSPS) is 14.7. The lowest BCUT2D eigenvalue weighted by molar-refractivity contribution is -0.139. The largest absolute Gasteiger partial charge is 0.494 e. The Kier molecular flexibility index (Phi) is 8.41. The van der Waals surface area contributed by atoms with E-state index in [-0.39, 0.29) is 12.2 Å². The maximum absolute atomic E-state index is 14.1. The molecule has 0 aliphatic carbocycles. The van der Waals surface area contributed by atoms with Crippen LogP contribution >= 0.6 is 11.3 Å². The number of aryl methyl sites for hydroxylation is 1. The SMILES string of the molecule is CCOC(=O)C1=C(C)N=c2s/c(=C\c3cc(C)n(-c4ccc(-c5ccccc5)cc4)c3C)c(=O)n2C1c1ccc(OCC)cc1. The molecular formula is C37H35N3O4S. The first kappa shape index (κ1) is 30.1. The highest BCUT2D eigenvalue weighted by atomic mass is 32.1. The van der Waals surface area contributed by atoms with E-state index >= 15 is 0 Å². The van der Waals surface area contributed by atoms with Crippen molar-refractivity contribution in [1.82, 2.24) is 9.13 Å². The minimum absolute atomic E-state index is 0.205. The Bertz CT molecular complexity index is 2080. The summed E-state index contributed by atoms with van der Waals surface area (Å²) in [5.74, 6) is 0.242. The summed E-state index contributed by atoms with van der Waals surface area (Å²) in [7, 11) is 0. The standard InChI is InChI=1S/C37H35N3O4S/c1-6-43-31-19-15-28(16-20-31)34-33(36(42)44-7-2)24(4)38-37-40(34)35(41)32(45-37)22-29-21-23(3)39(25(29)5)30-17-13-27(14-18-30)26-11-9-8-10-12-26/h8-22,34H,6-7H2,1-5H3/b32-22-. The predicted molar refractivity (Wildman–Crippen MR) is 179 cm³/mol. The molecule has 2 aromatic heterocycles. The number of carbonyl (C=O) groups is 1. The van der Waals surface area contributed by atoms with Gasteiger partial charge in [-0.2, -0.15) is 0 Å². The van der Waals surface area contributed by atoms with Crippen LogP contribution in [0.25, 0.3) is 22.9 Å². The Balaban J connectivity index is 1.43. The third kappa shape index (κ3) is 5.69. The van der Waals surface area contributed by atoms with Gasteiger partial charge in [0.2, 0.25) is 0 Å². The molecule has 3 heterocycles. The summed E-state index contributed by atoms with van der Waals surface area (Å²) in [6.45, 7) is 10.4. The van der Waals surface area contributed by atoms with Gasteiger partial charge in [0.05, 0.1) is 35.1 Å². The molecule has 7 nitrogen and oxygen atoms in total. The quantitative estimate of drug-likeness (QED) is 0.192. The van der Waals surface area contributed by atoms with Crippen LogP contribution in [0.5, 0.6) is 5.75 Å². The van der Waals surface area contributed by atoms with Gasteiger partial charge >= 0.3 is 5.97 Å². The fourth-order valence-corrected chi connectivity index (χ4v) is 6.96. The molecule has 0 radical (unpaired) electrons. The van der Waals surface area contributed by atoms with Gasteiger partial charge in [-0.15, -0.1) is 0 Å². The van der Waals surface area contributed by atoms with Crippen molar-refractivity contribution in [3.05, 3.63) is 138 Å². The minimum atomic E-state index is -0.673. The second kappa shape index (κ2) is 12.6. The van der Waals surface area contributed by atoms with Gasteiger partial charge in [0, 0.05) is 17.1 Å². The molecule has 1 atom stereocenters. The molecule has 6 rings (SSSR count). The van der Waals surface area contributed by atoms with Crippen LogP contribution in [-0.4, -0.2) is 28.3 Å². The molecule has 228 valence electrons. The molecule has 0 amide bonds. The monoisotopic (exact) mass is 617 g/mol. The van der Waals surface area contributed by atoms with E-state index in [1.165, 1.54) is 16.9 Å². The van der Waals surface area contributed by atoms with E-state index in [2.05, 4.69) is 60.9 Å². The molecule has 1 unspecified atom stereocenters. The van der Waals surface area contributed by atoms with Crippen LogP contribution in [0.15, 0.2) is 106 Å². The summed E-state index contributed by atoms with van der Waals surface area (Å²) in [5.41, 5.74) is 7.89. The number of aromatic nitrogens is 2. The first-order valence-electron chi connectivity index (χ1n) is 15.1. The van der Waals surface area contributed by atoms with Gasteiger partial charge in [-0.3, -0.25) is 9.36 Å². The van der Waals surface area contributed by atoms with E-state index in [0.29, 0.717) is 27.2 Å². The molecule has 0 spiro atoms. The van der Waals surface area contributed by atoms with Gasteiger partial charge in [0.15, 0.2) is 4.80 Å². The molecule has 8 heteroatoms. The number of esters is 1. The summed E-state index contributed by atoms with van der Waals surface area (Å²) >= 11 is 1.32. The van der Waals surface area contributed by atoms with Crippen molar-refractivity contribution in [3.8, 4) is 22.6 Å². The van der Waals surface area contributed by atoms with Gasteiger partial charge in [0.25, 0.3) is 5.56 Å². The highest BCUT2D eigenvalue weighted by molar-refractivity contribution is 7.07. The van der Waals surface area contributed by atoms with E-state index in [9.17, 15) is 9.59 Å². The van der Waals surface area contributed by atoms with Crippen LogP contribution in [0, 0.1) is 13.8 Å². The number of benzene rings is 3. The first-order valence-corrected chi connectivity index (χ1v) is 15.9. The van der Waals surface area contributed by atoms with E-state index in [1.807, 2.05) is 55.5 Å². The van der Waals surface area contributed by atoms with Gasteiger partial charge in [-0.25, -0.2) is 9.79 Å². The van der Waals surface area contributed by atoms with Crippen molar-refractivity contribution in [3.63, 3.8) is 0 Å². The highest BCUT2D eigenvalue weighted by Crippen LogP contribution is 2.32. The zero-order chi connectivity index (χ0) is 31.7.